The number of nitrogens with one attached hydrogen (secondary N) is 2. The summed E-state index contributed by atoms with van der Waals surface area (Å²) in [5, 5.41) is 15.9. The van der Waals surface area contributed by atoms with Crippen molar-refractivity contribution in [3.05, 3.63) is 5.82 Å². The van der Waals surface area contributed by atoms with Gasteiger partial charge in [0.15, 0.2) is 5.82 Å². The minimum atomic E-state index is -0.276. The number of amides is 1. The highest BCUT2D eigenvalue weighted by molar-refractivity contribution is 5.77. The standard InChI is InChI=1S/C8H14N6O/c9-8(2-1-3-8)4-7(15)10-5-6-11-13-14-12-6/h1-5,9H2,(H,10,15)(H,11,12,13,14). The van der Waals surface area contributed by atoms with Gasteiger partial charge in [-0.25, -0.2) is 0 Å². The number of carbonyl (C=O) groups excluding carboxylic acids is 1. The maximum Gasteiger partial charge on any atom is 0.222 e. The Labute approximate surface area is 86.8 Å². The molecule has 82 valence electrons. The van der Waals surface area contributed by atoms with Crippen LogP contribution in [-0.4, -0.2) is 32.1 Å². The minimum Gasteiger partial charge on any atom is -0.349 e. The molecule has 0 saturated heterocycles. The van der Waals surface area contributed by atoms with Crippen LogP contribution in [-0.2, 0) is 11.3 Å². The number of H-pyrrole nitrogens is 1. The van der Waals surface area contributed by atoms with E-state index in [2.05, 4.69) is 25.9 Å². The maximum absolute atomic E-state index is 11.5. The third kappa shape index (κ3) is 2.50. The first kappa shape index (κ1) is 10.0. The van der Waals surface area contributed by atoms with Crippen LogP contribution in [0.1, 0.15) is 31.5 Å². The molecule has 0 aromatic carbocycles. The average molecular weight is 210 g/mol. The zero-order valence-electron chi connectivity index (χ0n) is 8.36. The summed E-state index contributed by atoms with van der Waals surface area (Å²) in [6.07, 6.45) is 3.37. The Hall–Kier alpha value is -1.50. The first-order valence-electron chi connectivity index (χ1n) is 4.96. The smallest absolute Gasteiger partial charge is 0.222 e. The summed E-state index contributed by atoms with van der Waals surface area (Å²) in [5.74, 6) is 0.421. The number of hydrogen-bond donors (Lipinski definition) is 3. The molecule has 1 heterocycles. The third-order valence-corrected chi connectivity index (χ3v) is 2.69. The highest BCUT2D eigenvalue weighted by atomic mass is 16.1. The van der Waals surface area contributed by atoms with E-state index < -0.39 is 0 Å². The molecule has 1 fully saturated rings. The van der Waals surface area contributed by atoms with E-state index in [1.807, 2.05) is 0 Å². The molecule has 1 aromatic rings. The maximum atomic E-state index is 11.5. The van der Waals surface area contributed by atoms with Gasteiger partial charge < -0.3 is 11.1 Å². The lowest BCUT2D eigenvalue weighted by atomic mass is 9.75. The van der Waals surface area contributed by atoms with Crippen LogP contribution in [0, 0.1) is 0 Å². The van der Waals surface area contributed by atoms with Gasteiger partial charge in [-0.05, 0) is 19.3 Å². The molecule has 0 radical (unpaired) electrons. The summed E-state index contributed by atoms with van der Waals surface area (Å²) in [6.45, 7) is 0.297. The molecule has 0 spiro atoms. The Kier molecular flexibility index (Phi) is 2.63. The number of aromatic nitrogens is 4. The summed E-state index contributed by atoms with van der Waals surface area (Å²) in [6, 6.07) is 0. The first-order chi connectivity index (χ1) is 7.18. The van der Waals surface area contributed by atoms with Crippen LogP contribution in [0.4, 0.5) is 0 Å². The number of hydrogen-bond acceptors (Lipinski definition) is 5. The Morgan fingerprint density at radius 2 is 2.40 bits per heavy atom. The van der Waals surface area contributed by atoms with Gasteiger partial charge in [-0.3, -0.25) is 4.79 Å². The van der Waals surface area contributed by atoms with Crippen molar-refractivity contribution in [3.63, 3.8) is 0 Å². The van der Waals surface area contributed by atoms with Crippen molar-refractivity contribution < 1.29 is 4.79 Å². The number of nitrogens with zero attached hydrogens (tertiary/aromatic N) is 3. The predicted molar refractivity (Wildman–Crippen MR) is 51.4 cm³/mol. The second kappa shape index (κ2) is 3.93. The van der Waals surface area contributed by atoms with Gasteiger partial charge in [-0.1, -0.05) is 5.21 Å². The quantitative estimate of drug-likeness (QED) is 0.595. The fourth-order valence-electron chi connectivity index (χ4n) is 1.62. The lowest BCUT2D eigenvalue weighted by Gasteiger charge is -2.37. The van der Waals surface area contributed by atoms with Crippen molar-refractivity contribution >= 4 is 5.91 Å². The van der Waals surface area contributed by atoms with E-state index in [1.54, 1.807) is 0 Å². The number of rotatable bonds is 4. The second-order valence-electron chi connectivity index (χ2n) is 4.00. The molecule has 1 aromatic heterocycles. The molecule has 1 aliphatic rings. The molecule has 7 heteroatoms. The largest absolute Gasteiger partial charge is 0.349 e. The van der Waals surface area contributed by atoms with Gasteiger partial charge >= 0.3 is 0 Å². The molecule has 15 heavy (non-hydrogen) atoms. The Bertz CT molecular complexity index is 331. The highest BCUT2D eigenvalue weighted by Crippen LogP contribution is 2.31. The molecule has 7 nitrogen and oxygen atoms in total. The van der Waals surface area contributed by atoms with Gasteiger partial charge in [-0.15, -0.1) is 10.2 Å². The van der Waals surface area contributed by atoms with Crippen LogP contribution in [0.25, 0.3) is 0 Å². The minimum absolute atomic E-state index is 0.0537. The van der Waals surface area contributed by atoms with E-state index in [0.717, 1.165) is 19.3 Å². The van der Waals surface area contributed by atoms with E-state index >= 15 is 0 Å². The lowest BCUT2D eigenvalue weighted by molar-refractivity contribution is -0.123. The zero-order chi connectivity index (χ0) is 10.7. The highest BCUT2D eigenvalue weighted by Gasteiger charge is 2.34. The zero-order valence-corrected chi connectivity index (χ0v) is 8.36. The molecule has 0 aliphatic heterocycles. The fourth-order valence-corrected chi connectivity index (χ4v) is 1.62. The molecule has 0 unspecified atom stereocenters. The van der Waals surface area contributed by atoms with Gasteiger partial charge in [0.25, 0.3) is 0 Å². The van der Waals surface area contributed by atoms with Crippen molar-refractivity contribution in [1.29, 1.82) is 0 Å². The first-order valence-corrected chi connectivity index (χ1v) is 4.96. The number of tetrazole rings is 1. The van der Waals surface area contributed by atoms with Crippen molar-refractivity contribution in [2.45, 2.75) is 37.8 Å². The van der Waals surface area contributed by atoms with Crippen LogP contribution < -0.4 is 11.1 Å². The molecule has 1 saturated carbocycles. The summed E-state index contributed by atoms with van der Waals surface area (Å²) in [4.78, 5) is 11.5. The summed E-state index contributed by atoms with van der Waals surface area (Å²) in [5.41, 5.74) is 5.67. The monoisotopic (exact) mass is 210 g/mol. The molecule has 2 rings (SSSR count). The van der Waals surface area contributed by atoms with E-state index in [9.17, 15) is 4.79 Å². The average Bonchev–Trinajstić information content (AvgIpc) is 2.64. The van der Waals surface area contributed by atoms with Gasteiger partial charge in [0, 0.05) is 12.0 Å². The number of carbonyl (C=O) groups is 1. The van der Waals surface area contributed by atoms with Gasteiger partial charge in [0.05, 0.1) is 6.54 Å². The molecule has 1 aliphatic carbocycles. The molecule has 0 atom stereocenters. The SMILES string of the molecule is NC1(CC(=O)NCc2nn[nH]n2)CCC1. The van der Waals surface area contributed by atoms with E-state index in [0.29, 0.717) is 18.8 Å². The molecule has 1 amide bonds. The van der Waals surface area contributed by atoms with E-state index in [1.165, 1.54) is 0 Å². The molecule has 4 N–H and O–H groups in total. The van der Waals surface area contributed by atoms with Crippen LogP contribution in [0.5, 0.6) is 0 Å². The fraction of sp³-hybridized carbons (Fsp3) is 0.750. The second-order valence-corrected chi connectivity index (χ2v) is 4.00. The molecular formula is C8H14N6O. The summed E-state index contributed by atoms with van der Waals surface area (Å²) in [7, 11) is 0. The van der Waals surface area contributed by atoms with Crippen molar-refractivity contribution in [2.24, 2.45) is 5.73 Å². The number of aromatic amines is 1. The summed E-state index contributed by atoms with van der Waals surface area (Å²) >= 11 is 0. The normalized spacial score (nSPS) is 18.2. The Morgan fingerprint density at radius 1 is 1.60 bits per heavy atom. The Balaban J connectivity index is 1.73. The van der Waals surface area contributed by atoms with Crippen LogP contribution >= 0.6 is 0 Å². The molecule has 0 bridgehead atoms. The number of nitrogens with two attached hydrogens (primary N) is 1. The van der Waals surface area contributed by atoms with Crippen molar-refractivity contribution in [3.8, 4) is 0 Å². The predicted octanol–water partition coefficient (Wildman–Crippen LogP) is -0.913. The lowest BCUT2D eigenvalue weighted by Crippen LogP contribution is -2.49. The van der Waals surface area contributed by atoms with Gasteiger partial charge in [-0.2, -0.15) is 5.21 Å². The van der Waals surface area contributed by atoms with Crippen LogP contribution in [0.15, 0.2) is 0 Å². The molecular weight excluding hydrogens is 196 g/mol. The van der Waals surface area contributed by atoms with E-state index in [-0.39, 0.29) is 11.4 Å². The van der Waals surface area contributed by atoms with Gasteiger partial charge in [0.1, 0.15) is 0 Å². The van der Waals surface area contributed by atoms with Gasteiger partial charge in [0.2, 0.25) is 5.91 Å². The summed E-state index contributed by atoms with van der Waals surface area (Å²) < 4.78 is 0. The van der Waals surface area contributed by atoms with Crippen molar-refractivity contribution in [2.75, 3.05) is 0 Å². The third-order valence-electron chi connectivity index (χ3n) is 2.69. The van der Waals surface area contributed by atoms with Crippen LogP contribution in [0.3, 0.4) is 0 Å². The van der Waals surface area contributed by atoms with Crippen molar-refractivity contribution in [1.82, 2.24) is 25.9 Å². The van der Waals surface area contributed by atoms with E-state index in [4.69, 9.17) is 5.73 Å². The van der Waals surface area contributed by atoms with Crippen LogP contribution in [0.2, 0.25) is 0 Å². The Morgan fingerprint density at radius 3 is 2.93 bits per heavy atom. The topological polar surface area (TPSA) is 110 Å².